The minimum atomic E-state index is -4.54. The van der Waals surface area contributed by atoms with Gasteiger partial charge in [-0.05, 0) is 37.7 Å². The largest absolute Gasteiger partial charge is 0.417 e. The fourth-order valence-corrected chi connectivity index (χ4v) is 3.29. The predicted molar refractivity (Wildman–Crippen MR) is 84.8 cm³/mol. The quantitative estimate of drug-likeness (QED) is 0.653. The van der Waals surface area contributed by atoms with E-state index in [1.807, 2.05) is 0 Å². The smallest absolute Gasteiger partial charge is 0.321 e. The SMILES string of the molecule is CC1CCC2(CC1)NC(=O)N(N=Cc1ccccc1C(F)(F)F)C2=O. The summed E-state index contributed by atoms with van der Waals surface area (Å²) >= 11 is 0. The van der Waals surface area contributed by atoms with E-state index in [1.54, 1.807) is 0 Å². The highest BCUT2D eigenvalue weighted by atomic mass is 19.4. The molecule has 3 amide bonds. The molecule has 0 atom stereocenters. The van der Waals surface area contributed by atoms with E-state index < -0.39 is 29.2 Å². The fraction of sp³-hybridized carbons (Fsp3) is 0.471. The third-order valence-electron chi connectivity index (χ3n) is 4.85. The first-order valence-electron chi connectivity index (χ1n) is 8.10. The van der Waals surface area contributed by atoms with Crippen molar-refractivity contribution >= 4 is 18.2 Å². The average Bonchev–Trinajstić information content (AvgIpc) is 2.78. The lowest BCUT2D eigenvalue weighted by molar-refractivity contribution is -0.137. The summed E-state index contributed by atoms with van der Waals surface area (Å²) in [5.74, 6) is -0.0170. The molecular weight excluding hydrogens is 335 g/mol. The zero-order chi connectivity index (χ0) is 18.2. The van der Waals surface area contributed by atoms with E-state index in [-0.39, 0.29) is 5.56 Å². The lowest BCUT2D eigenvalue weighted by Gasteiger charge is -2.33. The van der Waals surface area contributed by atoms with Crippen molar-refractivity contribution in [2.45, 2.75) is 44.3 Å². The van der Waals surface area contributed by atoms with Gasteiger partial charge in [-0.1, -0.05) is 25.1 Å². The zero-order valence-corrected chi connectivity index (χ0v) is 13.6. The molecule has 3 rings (SSSR count). The van der Waals surface area contributed by atoms with Crippen molar-refractivity contribution in [2.24, 2.45) is 11.0 Å². The number of urea groups is 1. The number of alkyl halides is 3. The van der Waals surface area contributed by atoms with Gasteiger partial charge in [-0.2, -0.15) is 18.3 Å². The molecule has 1 saturated heterocycles. The molecule has 2 fully saturated rings. The Morgan fingerprint density at radius 3 is 2.52 bits per heavy atom. The summed E-state index contributed by atoms with van der Waals surface area (Å²) in [7, 11) is 0. The minimum absolute atomic E-state index is 0.200. The van der Waals surface area contributed by atoms with Crippen molar-refractivity contribution in [2.75, 3.05) is 0 Å². The predicted octanol–water partition coefficient (Wildman–Crippen LogP) is 3.54. The van der Waals surface area contributed by atoms with Crippen LogP contribution in [0.25, 0.3) is 0 Å². The summed E-state index contributed by atoms with van der Waals surface area (Å²) in [5, 5.41) is 7.06. The van der Waals surface area contributed by atoms with Crippen LogP contribution in [0.3, 0.4) is 0 Å². The number of halogens is 3. The molecule has 0 aromatic heterocycles. The number of benzene rings is 1. The molecule has 2 aliphatic rings. The second kappa shape index (κ2) is 6.16. The Balaban J connectivity index is 1.83. The van der Waals surface area contributed by atoms with Crippen LogP contribution in [-0.2, 0) is 11.0 Å². The van der Waals surface area contributed by atoms with E-state index in [0.29, 0.717) is 23.8 Å². The van der Waals surface area contributed by atoms with Crippen LogP contribution in [0.15, 0.2) is 29.4 Å². The molecular formula is C17H18F3N3O2. The number of nitrogens with zero attached hydrogens (tertiary/aromatic N) is 2. The first-order chi connectivity index (χ1) is 11.7. The molecule has 1 saturated carbocycles. The molecule has 134 valence electrons. The molecule has 0 radical (unpaired) electrons. The molecule has 0 unspecified atom stereocenters. The molecule has 1 spiro atoms. The standard InChI is InChI=1S/C17H18F3N3O2/c1-11-6-8-16(9-7-11)14(24)23(15(25)22-16)21-10-12-4-2-3-5-13(12)17(18,19)20/h2-5,10-11H,6-9H2,1H3,(H,22,25). The minimum Gasteiger partial charge on any atom is -0.321 e. The highest BCUT2D eigenvalue weighted by Gasteiger charge is 2.52. The Morgan fingerprint density at radius 1 is 1.24 bits per heavy atom. The summed E-state index contributed by atoms with van der Waals surface area (Å²) in [6.07, 6.45) is -0.986. The van der Waals surface area contributed by atoms with Crippen LogP contribution in [0.5, 0.6) is 0 Å². The maximum atomic E-state index is 13.0. The molecule has 0 bridgehead atoms. The van der Waals surface area contributed by atoms with Gasteiger partial charge < -0.3 is 5.32 Å². The molecule has 1 aliphatic carbocycles. The molecule has 5 nitrogen and oxygen atoms in total. The van der Waals surface area contributed by atoms with E-state index in [4.69, 9.17) is 0 Å². The van der Waals surface area contributed by atoms with Gasteiger partial charge in [0.15, 0.2) is 0 Å². The van der Waals surface area contributed by atoms with Gasteiger partial charge in [0.25, 0.3) is 5.91 Å². The molecule has 8 heteroatoms. The van der Waals surface area contributed by atoms with Crippen LogP contribution in [0.4, 0.5) is 18.0 Å². The molecule has 25 heavy (non-hydrogen) atoms. The van der Waals surface area contributed by atoms with Gasteiger partial charge in [-0.15, -0.1) is 5.01 Å². The summed E-state index contributed by atoms with van der Waals surface area (Å²) in [5.41, 5.74) is -2.04. The highest BCUT2D eigenvalue weighted by Crippen LogP contribution is 2.36. The van der Waals surface area contributed by atoms with Gasteiger partial charge in [0, 0.05) is 5.56 Å². The van der Waals surface area contributed by atoms with Gasteiger partial charge in [-0.3, -0.25) is 4.79 Å². The topological polar surface area (TPSA) is 61.8 Å². The second-order valence-electron chi connectivity index (χ2n) is 6.64. The van der Waals surface area contributed by atoms with Crippen molar-refractivity contribution in [3.8, 4) is 0 Å². The molecule has 1 aromatic rings. The first kappa shape index (κ1) is 17.4. The number of amides is 3. The van der Waals surface area contributed by atoms with Crippen LogP contribution < -0.4 is 5.32 Å². The summed E-state index contributed by atoms with van der Waals surface area (Å²) in [6, 6.07) is 4.18. The highest BCUT2D eigenvalue weighted by molar-refractivity contribution is 6.07. The van der Waals surface area contributed by atoms with Crippen LogP contribution in [0, 0.1) is 5.92 Å². The lowest BCUT2D eigenvalue weighted by atomic mass is 9.77. The van der Waals surface area contributed by atoms with Crippen molar-refractivity contribution < 1.29 is 22.8 Å². The number of rotatable bonds is 2. The number of imide groups is 1. The number of carbonyl (C=O) groups is 2. The van der Waals surface area contributed by atoms with E-state index in [0.717, 1.165) is 25.1 Å². The van der Waals surface area contributed by atoms with Crippen molar-refractivity contribution in [3.05, 3.63) is 35.4 Å². The summed E-state index contributed by atoms with van der Waals surface area (Å²) < 4.78 is 39.0. The van der Waals surface area contributed by atoms with Crippen LogP contribution in [0.2, 0.25) is 0 Å². The fourth-order valence-electron chi connectivity index (χ4n) is 3.29. The van der Waals surface area contributed by atoms with E-state index in [1.165, 1.54) is 18.2 Å². The summed E-state index contributed by atoms with van der Waals surface area (Å²) in [4.78, 5) is 24.7. The number of nitrogens with one attached hydrogen (secondary N) is 1. The third-order valence-corrected chi connectivity index (χ3v) is 4.85. The van der Waals surface area contributed by atoms with Crippen molar-refractivity contribution in [1.82, 2.24) is 10.3 Å². The molecule has 1 aliphatic heterocycles. The molecule has 1 heterocycles. The zero-order valence-electron chi connectivity index (χ0n) is 13.6. The maximum Gasteiger partial charge on any atom is 0.417 e. The van der Waals surface area contributed by atoms with Gasteiger partial charge in [0.05, 0.1) is 11.8 Å². The Hall–Kier alpha value is -2.38. The Morgan fingerprint density at radius 2 is 1.88 bits per heavy atom. The molecule has 1 N–H and O–H groups in total. The van der Waals surface area contributed by atoms with Crippen molar-refractivity contribution in [3.63, 3.8) is 0 Å². The van der Waals surface area contributed by atoms with E-state index in [9.17, 15) is 22.8 Å². The van der Waals surface area contributed by atoms with Gasteiger partial charge in [0.1, 0.15) is 5.54 Å². The van der Waals surface area contributed by atoms with Crippen LogP contribution in [-0.4, -0.2) is 28.7 Å². The van der Waals surface area contributed by atoms with Crippen molar-refractivity contribution in [1.29, 1.82) is 0 Å². The van der Waals surface area contributed by atoms with Gasteiger partial charge in [0.2, 0.25) is 0 Å². The average molecular weight is 353 g/mol. The first-order valence-corrected chi connectivity index (χ1v) is 8.10. The lowest BCUT2D eigenvalue weighted by Crippen LogP contribution is -2.49. The van der Waals surface area contributed by atoms with Crippen LogP contribution >= 0.6 is 0 Å². The third kappa shape index (κ3) is 3.25. The Labute approximate surface area is 142 Å². The van der Waals surface area contributed by atoms with Crippen LogP contribution in [0.1, 0.15) is 43.7 Å². The second-order valence-corrected chi connectivity index (χ2v) is 6.64. The number of hydrogen-bond acceptors (Lipinski definition) is 3. The van der Waals surface area contributed by atoms with E-state index >= 15 is 0 Å². The Kier molecular flexibility index (Phi) is 4.30. The van der Waals surface area contributed by atoms with Gasteiger partial charge >= 0.3 is 12.2 Å². The maximum absolute atomic E-state index is 13.0. The Bertz CT molecular complexity index is 722. The monoisotopic (exact) mass is 353 g/mol. The van der Waals surface area contributed by atoms with Gasteiger partial charge in [-0.25, -0.2) is 4.79 Å². The van der Waals surface area contributed by atoms with E-state index in [2.05, 4.69) is 17.3 Å². The number of carbonyl (C=O) groups excluding carboxylic acids is 2. The summed E-state index contributed by atoms with van der Waals surface area (Å²) in [6.45, 7) is 2.08. The molecule has 1 aromatic carbocycles. The number of hydrazone groups is 1. The number of hydrogen-bond donors (Lipinski definition) is 1. The normalized spacial score (nSPS) is 27.4.